The van der Waals surface area contributed by atoms with Crippen molar-refractivity contribution in [2.45, 2.75) is 12.5 Å². The summed E-state index contributed by atoms with van der Waals surface area (Å²) in [5.74, 6) is 0. The standard InChI is InChI=1S/C3H4Cl2O4/c1-2(4)8-9-3(6)7-5/h2H,1H3. The Bertz CT molecular complexity index is 93.8. The Morgan fingerprint density at radius 2 is 2.22 bits per heavy atom. The minimum atomic E-state index is -1.15. The van der Waals surface area contributed by atoms with Crippen LogP contribution in [0, 0.1) is 0 Å². The molecule has 0 amide bonds. The van der Waals surface area contributed by atoms with E-state index >= 15 is 0 Å². The Kier molecular flexibility index (Phi) is 4.57. The van der Waals surface area contributed by atoms with E-state index in [1.54, 1.807) is 0 Å². The van der Waals surface area contributed by atoms with Gasteiger partial charge in [-0.05, 0) is 6.92 Å². The lowest BCUT2D eigenvalue weighted by Crippen LogP contribution is -2.06. The molecule has 0 fully saturated rings. The molecule has 0 radical (unpaired) electrons. The van der Waals surface area contributed by atoms with Crippen molar-refractivity contribution in [3.63, 3.8) is 0 Å². The van der Waals surface area contributed by atoms with Crippen LogP contribution in [0.15, 0.2) is 0 Å². The Morgan fingerprint density at radius 3 is 2.56 bits per heavy atom. The monoisotopic (exact) mass is 174 g/mol. The normalized spacial score (nSPS) is 12.3. The van der Waals surface area contributed by atoms with Gasteiger partial charge in [0.2, 0.25) is 0 Å². The topological polar surface area (TPSA) is 44.8 Å². The lowest BCUT2D eigenvalue weighted by molar-refractivity contribution is -0.257. The Hall–Kier alpha value is -0.190. The molecule has 0 aromatic rings. The first-order valence-electron chi connectivity index (χ1n) is 1.96. The molecule has 0 heterocycles. The van der Waals surface area contributed by atoms with Gasteiger partial charge in [0.05, 0.1) is 0 Å². The van der Waals surface area contributed by atoms with Crippen molar-refractivity contribution in [1.82, 2.24) is 0 Å². The predicted octanol–water partition coefficient (Wildman–Crippen LogP) is 1.81. The average Bonchev–Trinajstić information content (AvgIpc) is 1.83. The van der Waals surface area contributed by atoms with E-state index in [2.05, 4.69) is 25.9 Å². The van der Waals surface area contributed by atoms with Gasteiger partial charge in [-0.15, -0.1) is 0 Å². The molecule has 0 aliphatic carbocycles. The third kappa shape index (κ3) is 5.68. The van der Waals surface area contributed by atoms with Crippen LogP contribution in [0.4, 0.5) is 4.79 Å². The average molecular weight is 175 g/mol. The second-order valence-electron chi connectivity index (χ2n) is 1.05. The predicted molar refractivity (Wildman–Crippen MR) is 29.8 cm³/mol. The first-order chi connectivity index (χ1) is 4.16. The summed E-state index contributed by atoms with van der Waals surface area (Å²) in [7, 11) is 0. The quantitative estimate of drug-likeness (QED) is 0.364. The van der Waals surface area contributed by atoms with Crippen LogP contribution in [0.25, 0.3) is 0 Å². The molecule has 0 saturated heterocycles. The second-order valence-corrected chi connectivity index (χ2v) is 1.82. The van der Waals surface area contributed by atoms with E-state index in [0.29, 0.717) is 0 Å². The third-order valence-electron chi connectivity index (χ3n) is 0.312. The summed E-state index contributed by atoms with van der Waals surface area (Å²) in [6.45, 7) is 1.46. The van der Waals surface area contributed by atoms with Gasteiger partial charge in [0.25, 0.3) is 0 Å². The Balaban J connectivity index is 3.17. The second kappa shape index (κ2) is 4.67. The van der Waals surface area contributed by atoms with E-state index in [9.17, 15) is 4.79 Å². The van der Waals surface area contributed by atoms with Crippen LogP contribution in [0.3, 0.4) is 0 Å². The SMILES string of the molecule is CC(Cl)OOC(=O)OCl. The van der Waals surface area contributed by atoms with Crippen molar-refractivity contribution >= 4 is 29.6 Å². The summed E-state index contributed by atoms with van der Waals surface area (Å²) < 4.78 is 3.53. The van der Waals surface area contributed by atoms with E-state index in [1.807, 2.05) is 0 Å². The first kappa shape index (κ1) is 8.81. The highest BCUT2D eigenvalue weighted by atomic mass is 35.5. The van der Waals surface area contributed by atoms with Gasteiger partial charge in [0, 0.05) is 0 Å². The van der Waals surface area contributed by atoms with Gasteiger partial charge in [-0.25, -0.2) is 0 Å². The van der Waals surface area contributed by atoms with Gasteiger partial charge in [-0.1, -0.05) is 11.6 Å². The van der Waals surface area contributed by atoms with Crippen molar-refractivity contribution in [3.8, 4) is 0 Å². The molecule has 54 valence electrons. The van der Waals surface area contributed by atoms with Crippen molar-refractivity contribution in [1.29, 1.82) is 0 Å². The first-order valence-corrected chi connectivity index (χ1v) is 2.71. The molecule has 0 aromatic heterocycles. The van der Waals surface area contributed by atoms with Gasteiger partial charge in [0.15, 0.2) is 5.56 Å². The molecule has 0 rings (SSSR count). The highest BCUT2D eigenvalue weighted by Gasteiger charge is 2.05. The largest absolute Gasteiger partial charge is 0.559 e. The third-order valence-corrected chi connectivity index (χ3v) is 0.510. The Morgan fingerprint density at radius 1 is 1.67 bits per heavy atom. The highest BCUT2D eigenvalue weighted by molar-refractivity contribution is 6.19. The molecular formula is C3H4Cl2O4. The molecule has 1 unspecified atom stereocenters. The summed E-state index contributed by atoms with van der Waals surface area (Å²) in [5, 5.41) is 0. The van der Waals surface area contributed by atoms with Crippen molar-refractivity contribution in [2.24, 2.45) is 0 Å². The molecule has 1 atom stereocenters. The summed E-state index contributed by atoms with van der Waals surface area (Å²) in [6.07, 6.45) is -1.15. The maximum atomic E-state index is 9.96. The smallest absolute Gasteiger partial charge is 0.313 e. The van der Waals surface area contributed by atoms with E-state index in [0.717, 1.165) is 0 Å². The van der Waals surface area contributed by atoms with Gasteiger partial charge >= 0.3 is 6.16 Å². The summed E-state index contributed by atoms with van der Waals surface area (Å²) in [6, 6.07) is 0. The molecule has 0 aromatic carbocycles. The van der Waals surface area contributed by atoms with Crippen LogP contribution in [0.2, 0.25) is 0 Å². The number of rotatable bonds is 2. The lowest BCUT2D eigenvalue weighted by atomic mass is 10.9. The maximum absolute atomic E-state index is 9.96. The number of hydrogen-bond acceptors (Lipinski definition) is 4. The fraction of sp³-hybridized carbons (Fsp3) is 0.667. The number of alkyl halides is 1. The molecule has 0 bridgehead atoms. The number of carbonyl (C=O) groups excluding carboxylic acids is 1. The van der Waals surface area contributed by atoms with Crippen LogP contribution < -0.4 is 0 Å². The van der Waals surface area contributed by atoms with Gasteiger partial charge < -0.3 is 4.29 Å². The van der Waals surface area contributed by atoms with Crippen LogP contribution in [-0.2, 0) is 14.1 Å². The summed E-state index contributed by atoms with van der Waals surface area (Å²) >= 11 is 9.72. The van der Waals surface area contributed by atoms with Crippen LogP contribution >= 0.6 is 23.5 Å². The number of carbonyl (C=O) groups is 1. The van der Waals surface area contributed by atoms with Gasteiger partial charge in [-0.2, -0.15) is 9.68 Å². The lowest BCUT2D eigenvalue weighted by Gasteiger charge is -1.99. The summed E-state index contributed by atoms with van der Waals surface area (Å²) in [4.78, 5) is 17.9. The molecular weight excluding hydrogens is 171 g/mol. The molecule has 0 N–H and O–H groups in total. The highest BCUT2D eigenvalue weighted by Crippen LogP contribution is 1.98. The number of hydrogen-bond donors (Lipinski definition) is 0. The maximum Gasteiger partial charge on any atom is 0.559 e. The fourth-order valence-corrected chi connectivity index (χ4v) is 0.181. The zero-order valence-electron chi connectivity index (χ0n) is 4.47. The van der Waals surface area contributed by atoms with Crippen LogP contribution in [-0.4, -0.2) is 11.7 Å². The molecule has 0 aliphatic rings. The van der Waals surface area contributed by atoms with Crippen LogP contribution in [0.5, 0.6) is 0 Å². The van der Waals surface area contributed by atoms with E-state index in [4.69, 9.17) is 11.6 Å². The molecule has 4 nitrogen and oxygen atoms in total. The van der Waals surface area contributed by atoms with Crippen molar-refractivity contribution in [3.05, 3.63) is 0 Å². The molecule has 6 heteroatoms. The molecule has 0 aliphatic heterocycles. The Labute approximate surface area is 61.7 Å². The van der Waals surface area contributed by atoms with E-state index in [-0.39, 0.29) is 0 Å². The van der Waals surface area contributed by atoms with Crippen molar-refractivity contribution < 1.29 is 18.9 Å². The van der Waals surface area contributed by atoms with E-state index in [1.165, 1.54) is 6.92 Å². The minimum Gasteiger partial charge on any atom is -0.313 e. The molecule has 9 heavy (non-hydrogen) atoms. The van der Waals surface area contributed by atoms with Crippen LogP contribution in [0.1, 0.15) is 6.92 Å². The number of halogens is 2. The summed E-state index contributed by atoms with van der Waals surface area (Å²) in [5.41, 5.74) is -0.722. The van der Waals surface area contributed by atoms with Crippen molar-refractivity contribution in [2.75, 3.05) is 0 Å². The zero-order chi connectivity index (χ0) is 7.28. The molecule has 0 saturated carbocycles. The fourth-order valence-electron chi connectivity index (χ4n) is 0.118. The van der Waals surface area contributed by atoms with E-state index < -0.39 is 11.7 Å². The zero-order valence-corrected chi connectivity index (χ0v) is 5.98. The minimum absolute atomic E-state index is 0.722. The van der Waals surface area contributed by atoms with Gasteiger partial charge in [0.1, 0.15) is 11.9 Å². The molecule has 0 spiro atoms. The van der Waals surface area contributed by atoms with Gasteiger partial charge in [-0.3, -0.25) is 4.89 Å².